The number of nitro benzene ring substituents is 1. The van der Waals surface area contributed by atoms with Gasteiger partial charge < -0.3 is 9.80 Å². The number of carbonyl (C=O) groups excluding carboxylic acids is 1. The number of aromatic nitrogens is 2. The largest absolute Gasteiger partial charge is 0.337 e. The molecule has 2 aromatic rings. The van der Waals surface area contributed by atoms with Crippen LogP contribution in [0, 0.1) is 10.1 Å². The predicted octanol–water partition coefficient (Wildman–Crippen LogP) is 1.74. The number of non-ortho nitro benzene ring substituents is 1. The molecule has 0 saturated carbocycles. The number of benzene rings is 1. The van der Waals surface area contributed by atoms with Gasteiger partial charge in [0.1, 0.15) is 0 Å². The minimum absolute atomic E-state index is 0.0469. The minimum Gasteiger partial charge on any atom is -0.337 e. The van der Waals surface area contributed by atoms with Gasteiger partial charge in [0.15, 0.2) is 0 Å². The van der Waals surface area contributed by atoms with Crippen LogP contribution >= 0.6 is 0 Å². The van der Waals surface area contributed by atoms with E-state index in [0.717, 1.165) is 0 Å². The summed E-state index contributed by atoms with van der Waals surface area (Å²) < 4.78 is 0. The zero-order valence-corrected chi connectivity index (χ0v) is 13.2. The highest BCUT2D eigenvalue weighted by Crippen LogP contribution is 2.19. The molecule has 0 radical (unpaired) electrons. The van der Waals surface area contributed by atoms with Crippen molar-refractivity contribution in [2.24, 2.45) is 0 Å². The first-order valence-electron chi connectivity index (χ1n) is 7.63. The Hall–Kier alpha value is -3.03. The van der Waals surface area contributed by atoms with Gasteiger partial charge in [-0.25, -0.2) is 9.97 Å². The number of hydrogen-bond donors (Lipinski definition) is 0. The zero-order chi connectivity index (χ0) is 17.1. The van der Waals surface area contributed by atoms with Crippen molar-refractivity contribution in [3.05, 3.63) is 58.4 Å². The molecule has 1 aliphatic heterocycles. The van der Waals surface area contributed by atoms with Gasteiger partial charge in [-0.05, 0) is 19.1 Å². The van der Waals surface area contributed by atoms with Gasteiger partial charge in [0.05, 0.1) is 4.92 Å². The number of amides is 1. The molecule has 0 N–H and O–H groups in total. The van der Waals surface area contributed by atoms with E-state index in [2.05, 4.69) is 9.97 Å². The second-order valence-corrected chi connectivity index (χ2v) is 5.65. The molecule has 1 aromatic carbocycles. The molecule has 0 bridgehead atoms. The molecule has 1 atom stereocenters. The van der Waals surface area contributed by atoms with Crippen molar-refractivity contribution in [2.75, 3.05) is 24.5 Å². The SMILES string of the molecule is CC1CN(c2ncccn2)CCN1C(=O)c1cccc([N+](=O)[O-])c1. The topological polar surface area (TPSA) is 92.5 Å². The van der Waals surface area contributed by atoms with Crippen LogP contribution in [-0.4, -0.2) is 51.4 Å². The van der Waals surface area contributed by atoms with Crippen LogP contribution in [0.2, 0.25) is 0 Å². The number of hydrogen-bond acceptors (Lipinski definition) is 6. The molecule has 1 fully saturated rings. The summed E-state index contributed by atoms with van der Waals surface area (Å²) in [4.78, 5) is 35.3. The molecular formula is C16H17N5O3. The molecule has 8 nitrogen and oxygen atoms in total. The van der Waals surface area contributed by atoms with Crippen LogP contribution < -0.4 is 4.90 Å². The van der Waals surface area contributed by atoms with Crippen molar-refractivity contribution in [2.45, 2.75) is 13.0 Å². The summed E-state index contributed by atoms with van der Waals surface area (Å²) in [5.41, 5.74) is 0.255. The highest BCUT2D eigenvalue weighted by atomic mass is 16.6. The fourth-order valence-electron chi connectivity index (χ4n) is 2.81. The fourth-order valence-corrected chi connectivity index (χ4v) is 2.81. The second kappa shape index (κ2) is 6.61. The van der Waals surface area contributed by atoms with Crippen LogP contribution in [0.15, 0.2) is 42.7 Å². The molecule has 1 aromatic heterocycles. The Balaban J connectivity index is 1.73. The normalized spacial score (nSPS) is 17.6. The monoisotopic (exact) mass is 327 g/mol. The van der Waals surface area contributed by atoms with E-state index in [1.807, 2.05) is 11.8 Å². The predicted molar refractivity (Wildman–Crippen MR) is 87.8 cm³/mol. The lowest BCUT2D eigenvalue weighted by Crippen LogP contribution is -2.54. The van der Waals surface area contributed by atoms with Crippen molar-refractivity contribution >= 4 is 17.5 Å². The molecule has 0 spiro atoms. The van der Waals surface area contributed by atoms with E-state index in [4.69, 9.17) is 0 Å². The van der Waals surface area contributed by atoms with E-state index in [9.17, 15) is 14.9 Å². The lowest BCUT2D eigenvalue weighted by Gasteiger charge is -2.39. The van der Waals surface area contributed by atoms with E-state index in [0.29, 0.717) is 31.1 Å². The average molecular weight is 327 g/mol. The van der Waals surface area contributed by atoms with Gasteiger partial charge in [-0.2, -0.15) is 0 Å². The highest BCUT2D eigenvalue weighted by molar-refractivity contribution is 5.95. The van der Waals surface area contributed by atoms with Gasteiger partial charge in [-0.1, -0.05) is 6.07 Å². The summed E-state index contributed by atoms with van der Waals surface area (Å²) in [7, 11) is 0. The molecule has 1 aliphatic rings. The number of carbonyl (C=O) groups is 1. The number of nitro groups is 1. The van der Waals surface area contributed by atoms with Gasteiger partial charge in [-0.3, -0.25) is 14.9 Å². The van der Waals surface area contributed by atoms with E-state index in [1.165, 1.54) is 18.2 Å². The Labute approximate surface area is 138 Å². The maximum absolute atomic E-state index is 12.7. The quantitative estimate of drug-likeness (QED) is 0.630. The molecule has 2 heterocycles. The molecule has 1 amide bonds. The highest BCUT2D eigenvalue weighted by Gasteiger charge is 2.29. The summed E-state index contributed by atoms with van der Waals surface area (Å²) in [5.74, 6) is 0.451. The first kappa shape index (κ1) is 15.9. The minimum atomic E-state index is -0.495. The maximum Gasteiger partial charge on any atom is 0.270 e. The van der Waals surface area contributed by atoms with Gasteiger partial charge >= 0.3 is 0 Å². The van der Waals surface area contributed by atoms with Crippen LogP contribution in [0.1, 0.15) is 17.3 Å². The fraction of sp³-hybridized carbons (Fsp3) is 0.312. The number of anilines is 1. The summed E-state index contributed by atoms with van der Waals surface area (Å²) in [6.45, 7) is 3.70. The Bertz CT molecular complexity index is 752. The van der Waals surface area contributed by atoms with Crippen LogP contribution in [0.5, 0.6) is 0 Å². The summed E-state index contributed by atoms with van der Waals surface area (Å²) in [6.07, 6.45) is 3.38. The third-order valence-electron chi connectivity index (χ3n) is 4.03. The number of piperazine rings is 1. The number of nitrogens with zero attached hydrogens (tertiary/aromatic N) is 5. The third-order valence-corrected chi connectivity index (χ3v) is 4.03. The molecule has 124 valence electrons. The van der Waals surface area contributed by atoms with Crippen LogP contribution in [0.25, 0.3) is 0 Å². The van der Waals surface area contributed by atoms with Crippen LogP contribution in [0.4, 0.5) is 11.6 Å². The summed E-state index contributed by atoms with van der Waals surface area (Å²) in [6, 6.07) is 7.55. The summed E-state index contributed by atoms with van der Waals surface area (Å²) in [5, 5.41) is 10.9. The van der Waals surface area contributed by atoms with Crippen molar-refractivity contribution in [1.82, 2.24) is 14.9 Å². The molecule has 0 aliphatic carbocycles. The lowest BCUT2D eigenvalue weighted by atomic mass is 10.1. The Kier molecular flexibility index (Phi) is 4.37. The molecule has 1 saturated heterocycles. The molecule has 3 rings (SSSR count). The third kappa shape index (κ3) is 3.17. The zero-order valence-electron chi connectivity index (χ0n) is 13.2. The van der Waals surface area contributed by atoms with Crippen molar-refractivity contribution < 1.29 is 9.72 Å². The number of rotatable bonds is 3. The van der Waals surface area contributed by atoms with Gasteiger partial charge in [0.25, 0.3) is 11.6 Å². The smallest absolute Gasteiger partial charge is 0.270 e. The first-order chi connectivity index (χ1) is 11.6. The molecular weight excluding hydrogens is 310 g/mol. The van der Waals surface area contributed by atoms with Crippen molar-refractivity contribution in [1.29, 1.82) is 0 Å². The van der Waals surface area contributed by atoms with Crippen LogP contribution in [-0.2, 0) is 0 Å². The molecule has 1 unspecified atom stereocenters. The standard InChI is InChI=1S/C16H17N5O3/c1-12-11-19(16-17-6-3-7-18-16)8-9-20(12)15(22)13-4-2-5-14(10-13)21(23)24/h2-7,10,12H,8-9,11H2,1H3. The maximum atomic E-state index is 12.7. The van der Waals surface area contributed by atoms with E-state index in [1.54, 1.807) is 29.4 Å². The average Bonchev–Trinajstić information content (AvgIpc) is 2.62. The Morgan fingerprint density at radius 2 is 2.00 bits per heavy atom. The first-order valence-corrected chi connectivity index (χ1v) is 7.63. The molecule has 24 heavy (non-hydrogen) atoms. The van der Waals surface area contributed by atoms with Crippen molar-refractivity contribution in [3.63, 3.8) is 0 Å². The van der Waals surface area contributed by atoms with E-state index in [-0.39, 0.29) is 17.6 Å². The van der Waals surface area contributed by atoms with Gasteiger partial charge in [0, 0.05) is 55.8 Å². The van der Waals surface area contributed by atoms with Gasteiger partial charge in [0.2, 0.25) is 5.95 Å². The Morgan fingerprint density at radius 1 is 1.25 bits per heavy atom. The second-order valence-electron chi connectivity index (χ2n) is 5.65. The van der Waals surface area contributed by atoms with E-state index < -0.39 is 4.92 Å². The van der Waals surface area contributed by atoms with E-state index >= 15 is 0 Å². The van der Waals surface area contributed by atoms with Crippen molar-refractivity contribution in [3.8, 4) is 0 Å². The van der Waals surface area contributed by atoms with Gasteiger partial charge in [-0.15, -0.1) is 0 Å². The van der Waals surface area contributed by atoms with Crippen LogP contribution in [0.3, 0.4) is 0 Å². The molecule has 8 heteroatoms. The lowest BCUT2D eigenvalue weighted by molar-refractivity contribution is -0.384. The summed E-state index contributed by atoms with van der Waals surface area (Å²) >= 11 is 0. The Morgan fingerprint density at radius 3 is 2.67 bits per heavy atom.